The highest BCUT2D eigenvalue weighted by molar-refractivity contribution is 5.97. The van der Waals surface area contributed by atoms with Crippen LogP contribution in [-0.2, 0) is 19.5 Å². The Hall–Kier alpha value is -2.49. The Balaban J connectivity index is 1.65. The fourth-order valence-corrected chi connectivity index (χ4v) is 3.54. The van der Waals surface area contributed by atoms with E-state index in [1.807, 2.05) is 23.1 Å². The molecule has 4 rings (SSSR count). The second-order valence-electron chi connectivity index (χ2n) is 6.45. The topological polar surface area (TPSA) is 38.4 Å². The van der Waals surface area contributed by atoms with Crippen molar-refractivity contribution in [1.29, 1.82) is 0 Å². The number of carbonyl (C=O) groups is 1. The Bertz CT molecular complexity index is 875. The molecule has 4 heteroatoms. The standard InChI is InChI=1S/C20H22N2O2/c1-2-3-10-22-17-9-12-24-19(17)13-18(22)20(23)21-11-8-15-6-4-5-7-16(15)14-21/h4-7,9,12-13H,2-3,8,10-11,14H2,1H3. The zero-order valence-corrected chi connectivity index (χ0v) is 14.0. The van der Waals surface area contributed by atoms with Crippen molar-refractivity contribution in [1.82, 2.24) is 9.47 Å². The summed E-state index contributed by atoms with van der Waals surface area (Å²) in [5, 5.41) is 0. The highest BCUT2D eigenvalue weighted by Gasteiger charge is 2.25. The van der Waals surface area contributed by atoms with Crippen molar-refractivity contribution in [2.45, 2.75) is 39.3 Å². The zero-order valence-electron chi connectivity index (χ0n) is 14.0. The molecule has 24 heavy (non-hydrogen) atoms. The van der Waals surface area contributed by atoms with E-state index < -0.39 is 0 Å². The van der Waals surface area contributed by atoms with Crippen LogP contribution in [0.4, 0.5) is 0 Å². The van der Waals surface area contributed by atoms with Gasteiger partial charge < -0.3 is 13.9 Å². The summed E-state index contributed by atoms with van der Waals surface area (Å²) in [7, 11) is 0. The molecule has 0 aliphatic carbocycles. The number of amides is 1. The van der Waals surface area contributed by atoms with Gasteiger partial charge in [0.05, 0.1) is 11.8 Å². The highest BCUT2D eigenvalue weighted by Crippen LogP contribution is 2.25. The van der Waals surface area contributed by atoms with E-state index in [2.05, 4.69) is 29.7 Å². The molecule has 3 heterocycles. The van der Waals surface area contributed by atoms with Gasteiger partial charge in [-0.1, -0.05) is 37.6 Å². The van der Waals surface area contributed by atoms with Crippen molar-refractivity contribution >= 4 is 17.0 Å². The first-order valence-electron chi connectivity index (χ1n) is 8.70. The molecule has 0 bridgehead atoms. The minimum atomic E-state index is 0.104. The molecule has 0 radical (unpaired) electrons. The van der Waals surface area contributed by atoms with E-state index in [9.17, 15) is 4.79 Å². The molecular weight excluding hydrogens is 300 g/mol. The third-order valence-corrected chi connectivity index (χ3v) is 4.90. The van der Waals surface area contributed by atoms with Crippen LogP contribution in [0.5, 0.6) is 0 Å². The molecule has 0 saturated carbocycles. The van der Waals surface area contributed by atoms with E-state index in [-0.39, 0.29) is 5.91 Å². The van der Waals surface area contributed by atoms with Crippen LogP contribution in [0.25, 0.3) is 11.1 Å². The lowest BCUT2D eigenvalue weighted by Gasteiger charge is -2.29. The number of nitrogens with zero attached hydrogens (tertiary/aromatic N) is 2. The third kappa shape index (κ3) is 2.52. The van der Waals surface area contributed by atoms with Crippen LogP contribution in [0, 0.1) is 0 Å². The van der Waals surface area contributed by atoms with Crippen LogP contribution in [-0.4, -0.2) is 21.9 Å². The van der Waals surface area contributed by atoms with E-state index >= 15 is 0 Å². The maximum atomic E-state index is 13.1. The molecule has 2 aromatic heterocycles. The Morgan fingerprint density at radius 1 is 1.21 bits per heavy atom. The summed E-state index contributed by atoms with van der Waals surface area (Å²) < 4.78 is 7.64. The van der Waals surface area contributed by atoms with E-state index in [0.717, 1.165) is 49.1 Å². The van der Waals surface area contributed by atoms with E-state index in [0.29, 0.717) is 6.54 Å². The highest BCUT2D eigenvalue weighted by atomic mass is 16.3. The van der Waals surface area contributed by atoms with Crippen LogP contribution in [0.3, 0.4) is 0 Å². The molecule has 0 atom stereocenters. The SMILES string of the molecule is CCCCn1c(C(=O)N2CCc3ccccc3C2)cc2occc21. The average molecular weight is 322 g/mol. The number of unbranched alkanes of at least 4 members (excludes halogenated alkanes) is 1. The number of benzene rings is 1. The van der Waals surface area contributed by atoms with Crippen molar-refractivity contribution in [2.75, 3.05) is 6.54 Å². The number of rotatable bonds is 4. The third-order valence-electron chi connectivity index (χ3n) is 4.90. The predicted molar refractivity (Wildman–Crippen MR) is 94.0 cm³/mol. The van der Waals surface area contributed by atoms with E-state index in [4.69, 9.17) is 4.42 Å². The van der Waals surface area contributed by atoms with Gasteiger partial charge in [-0.3, -0.25) is 4.79 Å². The van der Waals surface area contributed by atoms with Crippen LogP contribution in [0.1, 0.15) is 41.4 Å². The number of carbonyl (C=O) groups excluding carboxylic acids is 1. The first-order chi connectivity index (χ1) is 11.8. The summed E-state index contributed by atoms with van der Waals surface area (Å²) in [6.45, 7) is 4.48. The monoisotopic (exact) mass is 322 g/mol. The maximum absolute atomic E-state index is 13.1. The summed E-state index contributed by atoms with van der Waals surface area (Å²) in [6, 6.07) is 12.2. The predicted octanol–water partition coefficient (Wildman–Crippen LogP) is 4.23. The van der Waals surface area contributed by atoms with Gasteiger partial charge in [-0.2, -0.15) is 0 Å². The van der Waals surface area contributed by atoms with Crippen molar-refractivity contribution in [3.05, 3.63) is 59.5 Å². The molecule has 0 spiro atoms. The van der Waals surface area contributed by atoms with Crippen LogP contribution in [0.2, 0.25) is 0 Å². The largest absolute Gasteiger partial charge is 0.463 e. The Morgan fingerprint density at radius 3 is 2.88 bits per heavy atom. The van der Waals surface area contributed by atoms with E-state index in [1.165, 1.54) is 11.1 Å². The molecule has 1 aliphatic heterocycles. The van der Waals surface area contributed by atoms with Crippen LogP contribution < -0.4 is 0 Å². The molecule has 0 fully saturated rings. The molecule has 0 N–H and O–H groups in total. The summed E-state index contributed by atoms with van der Waals surface area (Å²) in [6.07, 6.45) is 4.77. The fraction of sp³-hybridized carbons (Fsp3) is 0.350. The number of hydrogen-bond acceptors (Lipinski definition) is 2. The normalized spacial score (nSPS) is 14.1. The number of hydrogen-bond donors (Lipinski definition) is 0. The molecular formula is C20H22N2O2. The quantitative estimate of drug-likeness (QED) is 0.721. The van der Waals surface area contributed by atoms with Gasteiger partial charge in [0.15, 0.2) is 5.58 Å². The minimum absolute atomic E-state index is 0.104. The van der Waals surface area contributed by atoms with Crippen LogP contribution >= 0.6 is 0 Å². The summed E-state index contributed by atoms with van der Waals surface area (Å²) >= 11 is 0. The fourth-order valence-electron chi connectivity index (χ4n) is 3.54. The van der Waals surface area contributed by atoms with Crippen molar-refractivity contribution < 1.29 is 9.21 Å². The summed E-state index contributed by atoms with van der Waals surface area (Å²) in [4.78, 5) is 15.1. The minimum Gasteiger partial charge on any atom is -0.463 e. The zero-order chi connectivity index (χ0) is 16.5. The molecule has 124 valence electrons. The Kier molecular flexibility index (Phi) is 3.89. The molecule has 3 aromatic rings. The van der Waals surface area contributed by atoms with Gasteiger partial charge in [0.25, 0.3) is 5.91 Å². The molecule has 1 amide bonds. The van der Waals surface area contributed by atoms with Crippen LogP contribution in [0.15, 0.2) is 47.1 Å². The first-order valence-corrected chi connectivity index (χ1v) is 8.70. The summed E-state index contributed by atoms with van der Waals surface area (Å²) in [5.74, 6) is 0.104. The second-order valence-corrected chi connectivity index (χ2v) is 6.45. The second kappa shape index (κ2) is 6.19. The number of aromatic nitrogens is 1. The van der Waals surface area contributed by atoms with E-state index in [1.54, 1.807) is 6.26 Å². The van der Waals surface area contributed by atoms with Gasteiger partial charge in [0.1, 0.15) is 5.69 Å². The molecule has 4 nitrogen and oxygen atoms in total. The summed E-state index contributed by atoms with van der Waals surface area (Å²) in [5.41, 5.74) is 5.18. The van der Waals surface area contributed by atoms with Gasteiger partial charge in [0, 0.05) is 31.8 Å². The smallest absolute Gasteiger partial charge is 0.270 e. The lowest BCUT2D eigenvalue weighted by Crippen LogP contribution is -2.37. The lowest BCUT2D eigenvalue weighted by atomic mass is 10.00. The van der Waals surface area contributed by atoms with Gasteiger partial charge in [-0.15, -0.1) is 0 Å². The molecule has 0 unspecified atom stereocenters. The van der Waals surface area contributed by atoms with Gasteiger partial charge in [0.2, 0.25) is 0 Å². The number of furan rings is 1. The van der Waals surface area contributed by atoms with Gasteiger partial charge in [-0.05, 0) is 24.0 Å². The van der Waals surface area contributed by atoms with Crippen molar-refractivity contribution in [2.24, 2.45) is 0 Å². The van der Waals surface area contributed by atoms with Crippen molar-refractivity contribution in [3.63, 3.8) is 0 Å². The Morgan fingerprint density at radius 2 is 2.04 bits per heavy atom. The van der Waals surface area contributed by atoms with Gasteiger partial charge >= 0.3 is 0 Å². The van der Waals surface area contributed by atoms with Gasteiger partial charge in [-0.25, -0.2) is 0 Å². The molecule has 1 aliphatic rings. The van der Waals surface area contributed by atoms with Crippen molar-refractivity contribution in [3.8, 4) is 0 Å². The lowest BCUT2D eigenvalue weighted by molar-refractivity contribution is 0.0724. The number of fused-ring (bicyclic) bond motifs is 2. The maximum Gasteiger partial charge on any atom is 0.270 e. The average Bonchev–Trinajstić information content (AvgIpc) is 3.20. The first kappa shape index (κ1) is 15.1. The molecule has 1 aromatic carbocycles. The Labute approximate surface area is 141 Å². The molecule has 0 saturated heterocycles. The number of aryl methyl sites for hydroxylation is 1.